The maximum atomic E-state index is 10.2. The standard InChI is InChI=1S/C6H6N2O3/c9-5(6(10)11)4-3-7-1-2-8-4/h1-3,5,9H,(H,10,11). The number of aromatic nitrogens is 2. The van der Waals surface area contributed by atoms with Gasteiger partial charge in [-0.2, -0.15) is 0 Å². The van der Waals surface area contributed by atoms with E-state index in [4.69, 9.17) is 10.2 Å². The molecular weight excluding hydrogens is 148 g/mol. The van der Waals surface area contributed by atoms with Gasteiger partial charge in [0.1, 0.15) is 0 Å². The summed E-state index contributed by atoms with van der Waals surface area (Å²) in [5, 5.41) is 17.2. The van der Waals surface area contributed by atoms with Crippen molar-refractivity contribution in [2.24, 2.45) is 0 Å². The molecule has 1 atom stereocenters. The van der Waals surface area contributed by atoms with Crippen LogP contribution < -0.4 is 0 Å². The summed E-state index contributed by atoms with van der Waals surface area (Å²) in [6.45, 7) is 0. The van der Waals surface area contributed by atoms with Crippen LogP contribution in [0.1, 0.15) is 11.8 Å². The van der Waals surface area contributed by atoms with Gasteiger partial charge < -0.3 is 10.2 Å². The van der Waals surface area contributed by atoms with Crippen LogP contribution in [0.15, 0.2) is 18.6 Å². The lowest BCUT2D eigenvalue weighted by molar-refractivity contribution is -0.147. The van der Waals surface area contributed by atoms with Gasteiger partial charge in [-0.15, -0.1) is 0 Å². The first-order valence-electron chi connectivity index (χ1n) is 2.88. The molecule has 0 amide bonds. The molecule has 0 aliphatic rings. The van der Waals surface area contributed by atoms with E-state index >= 15 is 0 Å². The quantitative estimate of drug-likeness (QED) is 0.605. The molecule has 1 aromatic rings. The molecule has 1 aromatic heterocycles. The van der Waals surface area contributed by atoms with Crippen LogP contribution in [0.5, 0.6) is 0 Å². The average molecular weight is 154 g/mol. The Morgan fingerprint density at radius 3 is 2.73 bits per heavy atom. The predicted octanol–water partition coefficient (Wildman–Crippen LogP) is -0.405. The highest BCUT2D eigenvalue weighted by molar-refractivity contribution is 5.73. The van der Waals surface area contributed by atoms with Crippen LogP contribution in [-0.2, 0) is 4.79 Å². The van der Waals surface area contributed by atoms with E-state index in [0.29, 0.717) is 0 Å². The highest BCUT2D eigenvalue weighted by Gasteiger charge is 2.16. The van der Waals surface area contributed by atoms with Gasteiger partial charge in [-0.05, 0) is 0 Å². The van der Waals surface area contributed by atoms with Crippen LogP contribution in [-0.4, -0.2) is 26.2 Å². The fourth-order valence-electron chi connectivity index (χ4n) is 0.578. The average Bonchev–Trinajstić information content (AvgIpc) is 2.05. The Hall–Kier alpha value is -1.49. The second-order valence-corrected chi connectivity index (χ2v) is 1.87. The fraction of sp³-hybridized carbons (Fsp3) is 0.167. The summed E-state index contributed by atoms with van der Waals surface area (Å²) in [6, 6.07) is 0. The fourth-order valence-corrected chi connectivity index (χ4v) is 0.578. The third-order valence-electron chi connectivity index (χ3n) is 1.10. The Morgan fingerprint density at radius 1 is 1.55 bits per heavy atom. The molecule has 11 heavy (non-hydrogen) atoms. The van der Waals surface area contributed by atoms with E-state index in [2.05, 4.69) is 9.97 Å². The van der Waals surface area contributed by atoms with Gasteiger partial charge in [0.2, 0.25) is 0 Å². The van der Waals surface area contributed by atoms with Crippen LogP contribution in [0.2, 0.25) is 0 Å². The molecule has 5 nitrogen and oxygen atoms in total. The second kappa shape index (κ2) is 3.07. The molecule has 0 spiro atoms. The van der Waals surface area contributed by atoms with Crippen molar-refractivity contribution in [3.05, 3.63) is 24.3 Å². The molecule has 0 aromatic carbocycles. The van der Waals surface area contributed by atoms with Crippen molar-refractivity contribution < 1.29 is 15.0 Å². The number of aliphatic hydroxyl groups is 1. The highest BCUT2D eigenvalue weighted by atomic mass is 16.4. The summed E-state index contributed by atoms with van der Waals surface area (Å²) in [5.41, 5.74) is 0.0417. The monoisotopic (exact) mass is 154 g/mol. The zero-order chi connectivity index (χ0) is 8.27. The molecule has 0 radical (unpaired) electrons. The lowest BCUT2D eigenvalue weighted by Gasteiger charge is -2.01. The van der Waals surface area contributed by atoms with Gasteiger partial charge in [-0.25, -0.2) is 4.79 Å². The van der Waals surface area contributed by atoms with E-state index in [-0.39, 0.29) is 5.69 Å². The maximum Gasteiger partial charge on any atom is 0.338 e. The van der Waals surface area contributed by atoms with Crippen molar-refractivity contribution in [2.75, 3.05) is 0 Å². The third kappa shape index (κ3) is 1.71. The number of carboxylic acid groups (broad SMARTS) is 1. The summed E-state index contributed by atoms with van der Waals surface area (Å²) in [6.07, 6.45) is 2.35. The molecule has 58 valence electrons. The first-order valence-corrected chi connectivity index (χ1v) is 2.88. The third-order valence-corrected chi connectivity index (χ3v) is 1.10. The van der Waals surface area contributed by atoms with E-state index in [1.807, 2.05) is 0 Å². The van der Waals surface area contributed by atoms with Gasteiger partial charge in [0.25, 0.3) is 0 Å². The molecule has 0 saturated carbocycles. The lowest BCUT2D eigenvalue weighted by Crippen LogP contribution is -2.11. The first-order chi connectivity index (χ1) is 5.22. The van der Waals surface area contributed by atoms with Crippen LogP contribution in [0.3, 0.4) is 0 Å². The van der Waals surface area contributed by atoms with E-state index in [0.717, 1.165) is 0 Å². The number of aliphatic carboxylic acids is 1. The van der Waals surface area contributed by atoms with Crippen LogP contribution in [0.4, 0.5) is 0 Å². The normalized spacial score (nSPS) is 12.5. The minimum Gasteiger partial charge on any atom is -0.479 e. The molecule has 2 N–H and O–H groups in total. The molecule has 0 aliphatic heterocycles. The van der Waals surface area contributed by atoms with Crippen molar-refractivity contribution in [2.45, 2.75) is 6.10 Å². The van der Waals surface area contributed by atoms with E-state index in [1.165, 1.54) is 18.6 Å². The molecule has 5 heteroatoms. The smallest absolute Gasteiger partial charge is 0.338 e. The Morgan fingerprint density at radius 2 is 2.27 bits per heavy atom. The van der Waals surface area contributed by atoms with E-state index < -0.39 is 12.1 Å². The number of hydrogen-bond donors (Lipinski definition) is 2. The number of rotatable bonds is 2. The zero-order valence-corrected chi connectivity index (χ0v) is 5.51. The Balaban J connectivity index is 2.85. The molecular formula is C6H6N2O3. The molecule has 0 bridgehead atoms. The summed E-state index contributed by atoms with van der Waals surface area (Å²) < 4.78 is 0. The van der Waals surface area contributed by atoms with Gasteiger partial charge in [0.05, 0.1) is 11.9 Å². The lowest BCUT2D eigenvalue weighted by atomic mass is 10.3. The second-order valence-electron chi connectivity index (χ2n) is 1.87. The van der Waals surface area contributed by atoms with Gasteiger partial charge >= 0.3 is 5.97 Å². The molecule has 0 aliphatic carbocycles. The van der Waals surface area contributed by atoms with E-state index in [1.54, 1.807) is 0 Å². The Bertz CT molecular complexity index is 249. The van der Waals surface area contributed by atoms with Gasteiger partial charge in [0.15, 0.2) is 6.10 Å². The summed E-state index contributed by atoms with van der Waals surface area (Å²) in [5.74, 6) is -1.33. The first kappa shape index (κ1) is 7.62. The predicted molar refractivity (Wildman–Crippen MR) is 34.6 cm³/mol. The number of nitrogens with zero attached hydrogens (tertiary/aromatic N) is 2. The molecule has 1 heterocycles. The van der Waals surface area contributed by atoms with Crippen LogP contribution in [0.25, 0.3) is 0 Å². The topological polar surface area (TPSA) is 83.3 Å². The number of hydrogen-bond acceptors (Lipinski definition) is 4. The van der Waals surface area contributed by atoms with Crippen LogP contribution in [0, 0.1) is 0 Å². The summed E-state index contributed by atoms with van der Waals surface area (Å²) in [4.78, 5) is 17.4. The maximum absolute atomic E-state index is 10.2. The minimum atomic E-state index is -1.58. The number of carbonyl (C=O) groups is 1. The zero-order valence-electron chi connectivity index (χ0n) is 5.51. The molecule has 0 saturated heterocycles. The van der Waals surface area contributed by atoms with Gasteiger partial charge in [-0.1, -0.05) is 0 Å². The van der Waals surface area contributed by atoms with Gasteiger partial charge in [-0.3, -0.25) is 9.97 Å². The van der Waals surface area contributed by atoms with Crippen molar-refractivity contribution in [1.29, 1.82) is 0 Å². The van der Waals surface area contributed by atoms with E-state index in [9.17, 15) is 4.79 Å². The molecule has 0 fully saturated rings. The Labute approximate surface area is 62.4 Å². The highest BCUT2D eigenvalue weighted by Crippen LogP contribution is 2.06. The summed E-state index contributed by atoms with van der Waals surface area (Å²) in [7, 11) is 0. The van der Waals surface area contributed by atoms with Crippen molar-refractivity contribution >= 4 is 5.97 Å². The van der Waals surface area contributed by atoms with Crippen molar-refractivity contribution in [1.82, 2.24) is 9.97 Å². The van der Waals surface area contributed by atoms with Crippen molar-refractivity contribution in [3.63, 3.8) is 0 Å². The largest absolute Gasteiger partial charge is 0.479 e. The van der Waals surface area contributed by atoms with Gasteiger partial charge in [0, 0.05) is 12.4 Å². The molecule has 1 unspecified atom stereocenters. The molecule has 1 rings (SSSR count). The minimum absolute atomic E-state index is 0.0417. The van der Waals surface area contributed by atoms with Crippen molar-refractivity contribution in [3.8, 4) is 0 Å². The summed E-state index contributed by atoms with van der Waals surface area (Å²) >= 11 is 0. The van der Waals surface area contributed by atoms with Crippen LogP contribution >= 0.6 is 0 Å². The number of aliphatic hydroxyl groups excluding tert-OH is 1. The Kier molecular flexibility index (Phi) is 2.12. The SMILES string of the molecule is O=C(O)C(O)c1cnccn1. The number of carboxylic acids is 1.